The van der Waals surface area contributed by atoms with Crippen LogP contribution in [0.1, 0.15) is 6.92 Å². The number of nitrogens with one attached hydrogen (secondary N) is 1. The quantitative estimate of drug-likeness (QED) is 0.489. The summed E-state index contributed by atoms with van der Waals surface area (Å²) in [5.74, 6) is -0.698. The van der Waals surface area contributed by atoms with E-state index in [1.54, 1.807) is 0 Å². The van der Waals surface area contributed by atoms with E-state index in [2.05, 4.69) is 0 Å². The normalized spacial score (nSPS) is 9.70. The molecule has 0 aromatic carbocycles. The molecule has 1 amide bonds. The molecular formula is C6H12NO3. The summed E-state index contributed by atoms with van der Waals surface area (Å²) >= 11 is 0. The van der Waals surface area contributed by atoms with Crippen LogP contribution in [-0.4, -0.2) is 32.3 Å². The number of hydrogen-bond donors (Lipinski definition) is 0. The zero-order valence-electron chi connectivity index (χ0n) is 6.05. The summed E-state index contributed by atoms with van der Waals surface area (Å²) in [6.07, 6.45) is 0. The van der Waals surface area contributed by atoms with Crippen molar-refractivity contribution in [3.63, 3.8) is 0 Å². The van der Waals surface area contributed by atoms with Gasteiger partial charge in [-0.05, 0) is 6.92 Å². The van der Waals surface area contributed by atoms with Crippen LogP contribution in [0.3, 0.4) is 0 Å². The number of rotatable bonds is 6. The number of ether oxygens (including phenoxy) is 2. The molecule has 1 N–H and O–H groups in total. The molecule has 0 bridgehead atoms. The summed E-state index contributed by atoms with van der Waals surface area (Å²) < 4.78 is 9.65. The van der Waals surface area contributed by atoms with Gasteiger partial charge in [0.1, 0.15) is 6.61 Å². The van der Waals surface area contributed by atoms with E-state index in [0.29, 0.717) is 19.8 Å². The Hall–Kier alpha value is -0.610. The van der Waals surface area contributed by atoms with Crippen LogP contribution in [0.15, 0.2) is 0 Å². The van der Waals surface area contributed by atoms with Gasteiger partial charge in [-0.15, -0.1) is 0 Å². The van der Waals surface area contributed by atoms with Gasteiger partial charge in [0.2, 0.25) is 0 Å². The molecule has 0 fully saturated rings. The van der Waals surface area contributed by atoms with Crippen molar-refractivity contribution in [1.82, 2.24) is 5.73 Å². The first kappa shape index (κ1) is 9.39. The van der Waals surface area contributed by atoms with Crippen LogP contribution in [0.4, 0.5) is 0 Å². The Morgan fingerprint density at radius 1 is 1.40 bits per heavy atom. The highest BCUT2D eigenvalue weighted by Crippen LogP contribution is 1.76. The highest BCUT2D eigenvalue weighted by molar-refractivity contribution is 5.74. The molecule has 0 aliphatic rings. The van der Waals surface area contributed by atoms with Crippen LogP contribution in [0.2, 0.25) is 0 Å². The third-order valence-corrected chi connectivity index (χ3v) is 0.809. The average molecular weight is 146 g/mol. The molecule has 0 rings (SSSR count). The molecule has 59 valence electrons. The van der Waals surface area contributed by atoms with Crippen molar-refractivity contribution < 1.29 is 14.3 Å². The number of amides is 1. The Bertz CT molecular complexity index is 95.0. The van der Waals surface area contributed by atoms with Crippen molar-refractivity contribution in [2.75, 3.05) is 26.4 Å². The van der Waals surface area contributed by atoms with Crippen LogP contribution >= 0.6 is 0 Å². The lowest BCUT2D eigenvalue weighted by Crippen LogP contribution is -2.12. The van der Waals surface area contributed by atoms with Crippen molar-refractivity contribution in [1.29, 1.82) is 0 Å². The second-order valence-electron chi connectivity index (χ2n) is 1.67. The topological polar surface area (TPSA) is 59.3 Å². The van der Waals surface area contributed by atoms with Crippen molar-refractivity contribution in [2.45, 2.75) is 6.92 Å². The van der Waals surface area contributed by atoms with E-state index < -0.39 is 5.91 Å². The standard InChI is InChI=1S/C6H12NO3/c1-2-9-3-4-10-5-6(7)8/h7H,2-5H2,1H3. The predicted molar refractivity (Wildman–Crippen MR) is 35.4 cm³/mol. The maximum atomic E-state index is 9.98. The van der Waals surface area contributed by atoms with Gasteiger partial charge in [-0.3, -0.25) is 10.5 Å². The van der Waals surface area contributed by atoms with Crippen molar-refractivity contribution in [3.8, 4) is 0 Å². The molecule has 0 aliphatic heterocycles. The van der Waals surface area contributed by atoms with E-state index in [9.17, 15) is 4.79 Å². The van der Waals surface area contributed by atoms with Crippen LogP contribution in [-0.2, 0) is 14.3 Å². The largest absolute Gasteiger partial charge is 0.379 e. The first-order chi connectivity index (χ1) is 4.77. The monoisotopic (exact) mass is 146 g/mol. The van der Waals surface area contributed by atoms with E-state index in [1.807, 2.05) is 6.92 Å². The molecular weight excluding hydrogens is 134 g/mol. The lowest BCUT2D eigenvalue weighted by molar-refractivity contribution is -0.123. The molecule has 0 heterocycles. The van der Waals surface area contributed by atoms with Crippen LogP contribution < -0.4 is 5.73 Å². The molecule has 0 aromatic heterocycles. The molecule has 0 atom stereocenters. The highest BCUT2D eigenvalue weighted by Gasteiger charge is 1.92. The van der Waals surface area contributed by atoms with E-state index >= 15 is 0 Å². The zero-order valence-corrected chi connectivity index (χ0v) is 6.05. The van der Waals surface area contributed by atoms with Gasteiger partial charge >= 0.3 is 0 Å². The van der Waals surface area contributed by atoms with Crippen LogP contribution in [0.5, 0.6) is 0 Å². The minimum atomic E-state index is -0.698. The Kier molecular flexibility index (Phi) is 6.11. The fourth-order valence-electron chi connectivity index (χ4n) is 0.427. The summed E-state index contributed by atoms with van der Waals surface area (Å²) in [4.78, 5) is 9.98. The van der Waals surface area contributed by atoms with Gasteiger partial charge in [0.05, 0.1) is 13.2 Å². The number of hydrogen-bond acceptors (Lipinski definition) is 3. The van der Waals surface area contributed by atoms with Crippen molar-refractivity contribution in [2.24, 2.45) is 0 Å². The maximum absolute atomic E-state index is 9.98. The summed E-state index contributed by atoms with van der Waals surface area (Å²) in [5.41, 5.74) is 6.45. The lowest BCUT2D eigenvalue weighted by Gasteiger charge is -2.00. The molecule has 0 spiro atoms. The molecule has 10 heavy (non-hydrogen) atoms. The van der Waals surface area contributed by atoms with E-state index in [1.165, 1.54) is 0 Å². The van der Waals surface area contributed by atoms with Gasteiger partial charge < -0.3 is 9.47 Å². The van der Waals surface area contributed by atoms with Crippen molar-refractivity contribution in [3.05, 3.63) is 0 Å². The Balaban J connectivity index is 2.84. The number of carbonyl (C=O) groups excluding carboxylic acids is 1. The Morgan fingerprint density at radius 2 is 2.00 bits per heavy atom. The molecule has 0 unspecified atom stereocenters. The van der Waals surface area contributed by atoms with Gasteiger partial charge in [0.25, 0.3) is 5.91 Å². The highest BCUT2D eigenvalue weighted by atomic mass is 16.5. The molecule has 1 radical (unpaired) electrons. The average Bonchev–Trinajstić information content (AvgIpc) is 1.87. The maximum Gasteiger partial charge on any atom is 0.264 e. The number of carbonyl (C=O) groups is 1. The molecule has 0 saturated heterocycles. The fraction of sp³-hybridized carbons (Fsp3) is 0.833. The molecule has 4 nitrogen and oxygen atoms in total. The lowest BCUT2D eigenvalue weighted by atomic mass is 10.7. The summed E-state index contributed by atoms with van der Waals surface area (Å²) in [7, 11) is 0. The van der Waals surface area contributed by atoms with E-state index in [4.69, 9.17) is 15.2 Å². The van der Waals surface area contributed by atoms with Gasteiger partial charge in [-0.1, -0.05) is 0 Å². The third-order valence-electron chi connectivity index (χ3n) is 0.809. The molecule has 0 aromatic rings. The predicted octanol–water partition coefficient (Wildman–Crippen LogP) is -0.151. The van der Waals surface area contributed by atoms with Gasteiger partial charge in [0.15, 0.2) is 0 Å². The first-order valence-electron chi connectivity index (χ1n) is 3.17. The fourth-order valence-corrected chi connectivity index (χ4v) is 0.427. The van der Waals surface area contributed by atoms with Crippen LogP contribution in [0, 0.1) is 0 Å². The molecule has 4 heteroatoms. The molecule has 0 saturated carbocycles. The van der Waals surface area contributed by atoms with Crippen molar-refractivity contribution >= 4 is 5.91 Å². The first-order valence-corrected chi connectivity index (χ1v) is 3.17. The Labute approximate surface area is 60.3 Å². The minimum Gasteiger partial charge on any atom is -0.379 e. The van der Waals surface area contributed by atoms with Gasteiger partial charge in [0, 0.05) is 6.61 Å². The SMILES string of the molecule is CCOCCOCC([NH])=O. The second-order valence-corrected chi connectivity index (χ2v) is 1.67. The van der Waals surface area contributed by atoms with E-state index in [0.717, 1.165) is 0 Å². The van der Waals surface area contributed by atoms with Crippen LogP contribution in [0.25, 0.3) is 0 Å². The minimum absolute atomic E-state index is 0.132. The Morgan fingerprint density at radius 3 is 2.50 bits per heavy atom. The smallest absolute Gasteiger partial charge is 0.264 e. The summed E-state index contributed by atoms with van der Waals surface area (Å²) in [6.45, 7) is 3.28. The third kappa shape index (κ3) is 7.39. The second kappa shape index (κ2) is 6.51. The van der Waals surface area contributed by atoms with Gasteiger partial charge in [-0.2, -0.15) is 0 Å². The zero-order chi connectivity index (χ0) is 7.82. The summed E-state index contributed by atoms with van der Waals surface area (Å²) in [6, 6.07) is 0. The van der Waals surface area contributed by atoms with E-state index in [-0.39, 0.29) is 6.61 Å². The molecule has 0 aliphatic carbocycles. The summed E-state index contributed by atoms with van der Waals surface area (Å²) in [5, 5.41) is 0. The van der Waals surface area contributed by atoms with Gasteiger partial charge in [-0.25, -0.2) is 0 Å².